The minimum absolute atomic E-state index is 0.0482. The predicted molar refractivity (Wildman–Crippen MR) is 69.2 cm³/mol. The second-order valence-electron chi connectivity index (χ2n) is 4.18. The van der Waals surface area contributed by atoms with E-state index in [0.717, 1.165) is 5.56 Å². The molecule has 0 aromatic heterocycles. The molecule has 1 aromatic rings. The number of benzene rings is 1. The van der Waals surface area contributed by atoms with Crippen LogP contribution in [0.3, 0.4) is 0 Å². The van der Waals surface area contributed by atoms with Crippen molar-refractivity contribution in [3.8, 4) is 5.75 Å². The summed E-state index contributed by atoms with van der Waals surface area (Å²) in [4.78, 5) is 11.5. The van der Waals surface area contributed by atoms with Crippen molar-refractivity contribution in [3.63, 3.8) is 0 Å². The van der Waals surface area contributed by atoms with E-state index >= 15 is 0 Å². The molecular formula is C14H20O4. The van der Waals surface area contributed by atoms with Crippen molar-refractivity contribution in [2.45, 2.75) is 26.9 Å². The van der Waals surface area contributed by atoms with Gasteiger partial charge in [0.2, 0.25) is 0 Å². The predicted octanol–water partition coefficient (Wildman–Crippen LogP) is 1.97. The van der Waals surface area contributed by atoms with Crippen LogP contribution >= 0.6 is 0 Å². The summed E-state index contributed by atoms with van der Waals surface area (Å²) in [5.74, 6) is 0.455. The van der Waals surface area contributed by atoms with Gasteiger partial charge in [0.05, 0.1) is 12.2 Å². The molecule has 0 amide bonds. The zero-order chi connectivity index (χ0) is 13.5. The summed E-state index contributed by atoms with van der Waals surface area (Å²) in [5.41, 5.74) is 1.54. The molecule has 1 atom stereocenters. The van der Waals surface area contributed by atoms with E-state index in [4.69, 9.17) is 9.47 Å². The van der Waals surface area contributed by atoms with Gasteiger partial charge in [-0.05, 0) is 32.9 Å². The maximum absolute atomic E-state index is 11.5. The number of carbonyl (C=O) groups is 1. The highest BCUT2D eigenvalue weighted by molar-refractivity contribution is 5.97. The van der Waals surface area contributed by atoms with Crippen molar-refractivity contribution in [1.82, 2.24) is 0 Å². The zero-order valence-electron chi connectivity index (χ0n) is 11.1. The van der Waals surface area contributed by atoms with Crippen LogP contribution in [0.5, 0.6) is 5.75 Å². The molecule has 0 radical (unpaired) electrons. The molecule has 1 rings (SSSR count). The number of aliphatic hydroxyl groups excluding tert-OH is 1. The highest BCUT2D eigenvalue weighted by Gasteiger charge is 2.11. The quantitative estimate of drug-likeness (QED) is 0.754. The Morgan fingerprint density at radius 1 is 1.39 bits per heavy atom. The molecule has 100 valence electrons. The molecule has 0 saturated heterocycles. The Hall–Kier alpha value is -1.39. The summed E-state index contributed by atoms with van der Waals surface area (Å²) < 4.78 is 10.5. The molecule has 0 saturated carbocycles. The standard InChI is InChI=1S/C14H20O4/c1-4-17-8-12(16)9-18-14-6-5-10(2)7-13(14)11(3)15/h5-7,12,16H,4,8-9H2,1-3H3. The number of ketones is 1. The fourth-order valence-electron chi connectivity index (χ4n) is 1.53. The molecule has 0 aliphatic rings. The molecule has 0 aliphatic heterocycles. The van der Waals surface area contributed by atoms with Gasteiger partial charge in [-0.25, -0.2) is 0 Å². The first kappa shape index (κ1) is 14.7. The van der Waals surface area contributed by atoms with Gasteiger partial charge in [-0.2, -0.15) is 0 Å². The second-order valence-corrected chi connectivity index (χ2v) is 4.18. The van der Waals surface area contributed by atoms with E-state index in [9.17, 15) is 9.90 Å². The summed E-state index contributed by atoms with van der Waals surface area (Å²) in [6, 6.07) is 5.41. The summed E-state index contributed by atoms with van der Waals surface area (Å²) in [6.45, 7) is 6.18. The molecule has 0 fully saturated rings. The Kier molecular flexibility index (Phi) is 5.82. The van der Waals surface area contributed by atoms with Crippen LogP contribution < -0.4 is 4.74 Å². The smallest absolute Gasteiger partial charge is 0.163 e. The van der Waals surface area contributed by atoms with Crippen molar-refractivity contribution >= 4 is 5.78 Å². The number of hydrogen-bond donors (Lipinski definition) is 1. The number of ether oxygens (including phenoxy) is 2. The second kappa shape index (κ2) is 7.13. The van der Waals surface area contributed by atoms with Crippen molar-refractivity contribution < 1.29 is 19.4 Å². The van der Waals surface area contributed by atoms with Gasteiger partial charge >= 0.3 is 0 Å². The van der Waals surface area contributed by atoms with Gasteiger partial charge in [0.15, 0.2) is 5.78 Å². The maximum atomic E-state index is 11.5. The van der Waals surface area contributed by atoms with E-state index in [1.54, 1.807) is 12.1 Å². The first-order valence-corrected chi connectivity index (χ1v) is 6.04. The summed E-state index contributed by atoms with van der Waals surface area (Å²) >= 11 is 0. The third kappa shape index (κ3) is 4.47. The first-order chi connectivity index (χ1) is 8.54. The molecule has 18 heavy (non-hydrogen) atoms. The van der Waals surface area contributed by atoms with E-state index in [0.29, 0.717) is 17.9 Å². The molecule has 1 aromatic carbocycles. The summed E-state index contributed by atoms with van der Waals surface area (Å²) in [5, 5.41) is 9.59. The van der Waals surface area contributed by atoms with Gasteiger partial charge in [-0.1, -0.05) is 11.6 Å². The largest absolute Gasteiger partial charge is 0.490 e. The lowest BCUT2D eigenvalue weighted by molar-refractivity contribution is 0.0163. The summed E-state index contributed by atoms with van der Waals surface area (Å²) in [7, 11) is 0. The Labute approximate surface area is 108 Å². The lowest BCUT2D eigenvalue weighted by Gasteiger charge is -2.14. The average molecular weight is 252 g/mol. The topological polar surface area (TPSA) is 55.8 Å². The molecular weight excluding hydrogens is 232 g/mol. The van der Waals surface area contributed by atoms with Crippen LogP contribution in [0.4, 0.5) is 0 Å². The summed E-state index contributed by atoms with van der Waals surface area (Å²) in [6.07, 6.45) is -0.689. The fraction of sp³-hybridized carbons (Fsp3) is 0.500. The number of carbonyl (C=O) groups excluding carboxylic acids is 1. The molecule has 0 aliphatic carbocycles. The molecule has 0 bridgehead atoms. The van der Waals surface area contributed by atoms with Gasteiger partial charge in [0.1, 0.15) is 18.5 Å². The van der Waals surface area contributed by atoms with Crippen LogP contribution in [0.25, 0.3) is 0 Å². The van der Waals surface area contributed by atoms with E-state index in [1.807, 2.05) is 19.9 Å². The first-order valence-electron chi connectivity index (χ1n) is 6.04. The minimum atomic E-state index is -0.689. The minimum Gasteiger partial charge on any atom is -0.490 e. The average Bonchev–Trinajstić information content (AvgIpc) is 2.34. The van der Waals surface area contributed by atoms with Gasteiger partial charge in [-0.3, -0.25) is 4.79 Å². The Morgan fingerprint density at radius 3 is 2.72 bits per heavy atom. The molecule has 1 N–H and O–H groups in total. The molecule has 0 heterocycles. The monoisotopic (exact) mass is 252 g/mol. The number of Topliss-reactive ketones (excluding diaryl/α,β-unsaturated/α-hetero) is 1. The molecule has 1 unspecified atom stereocenters. The molecule has 0 spiro atoms. The fourth-order valence-corrected chi connectivity index (χ4v) is 1.53. The highest BCUT2D eigenvalue weighted by Crippen LogP contribution is 2.20. The Bertz CT molecular complexity index is 401. The zero-order valence-corrected chi connectivity index (χ0v) is 11.1. The lowest BCUT2D eigenvalue weighted by Crippen LogP contribution is -2.23. The van der Waals surface area contributed by atoms with Crippen molar-refractivity contribution in [2.75, 3.05) is 19.8 Å². The number of aryl methyl sites for hydroxylation is 1. The lowest BCUT2D eigenvalue weighted by atomic mass is 10.1. The number of aliphatic hydroxyl groups is 1. The van der Waals surface area contributed by atoms with Gasteiger partial charge in [-0.15, -0.1) is 0 Å². The van der Waals surface area contributed by atoms with Crippen LogP contribution in [0.2, 0.25) is 0 Å². The van der Waals surface area contributed by atoms with Gasteiger partial charge in [0, 0.05) is 6.61 Å². The van der Waals surface area contributed by atoms with Crippen molar-refractivity contribution in [3.05, 3.63) is 29.3 Å². The van der Waals surface area contributed by atoms with Crippen LogP contribution in [0.1, 0.15) is 29.8 Å². The van der Waals surface area contributed by atoms with Gasteiger partial charge in [0.25, 0.3) is 0 Å². The van der Waals surface area contributed by atoms with E-state index in [1.165, 1.54) is 6.92 Å². The highest BCUT2D eigenvalue weighted by atomic mass is 16.5. The van der Waals surface area contributed by atoms with Crippen LogP contribution in [-0.4, -0.2) is 36.8 Å². The van der Waals surface area contributed by atoms with E-state index in [2.05, 4.69) is 0 Å². The third-order valence-electron chi connectivity index (χ3n) is 2.46. The number of rotatable bonds is 7. The number of hydrogen-bond acceptors (Lipinski definition) is 4. The Balaban J connectivity index is 2.64. The Morgan fingerprint density at radius 2 is 2.11 bits per heavy atom. The van der Waals surface area contributed by atoms with E-state index in [-0.39, 0.29) is 19.0 Å². The van der Waals surface area contributed by atoms with Crippen LogP contribution in [-0.2, 0) is 4.74 Å². The van der Waals surface area contributed by atoms with E-state index < -0.39 is 6.10 Å². The van der Waals surface area contributed by atoms with Crippen molar-refractivity contribution in [2.24, 2.45) is 0 Å². The van der Waals surface area contributed by atoms with Gasteiger partial charge < -0.3 is 14.6 Å². The maximum Gasteiger partial charge on any atom is 0.163 e. The molecule has 4 nitrogen and oxygen atoms in total. The molecule has 4 heteroatoms. The van der Waals surface area contributed by atoms with Crippen LogP contribution in [0.15, 0.2) is 18.2 Å². The SMILES string of the molecule is CCOCC(O)COc1ccc(C)cc1C(C)=O. The third-order valence-corrected chi connectivity index (χ3v) is 2.46. The van der Waals surface area contributed by atoms with Crippen molar-refractivity contribution in [1.29, 1.82) is 0 Å². The van der Waals surface area contributed by atoms with Crippen LogP contribution in [0, 0.1) is 6.92 Å². The normalized spacial score (nSPS) is 12.2.